The molecule has 0 unspecified atom stereocenters. The van der Waals surface area contributed by atoms with Crippen molar-refractivity contribution in [1.82, 2.24) is 5.16 Å². The van der Waals surface area contributed by atoms with Gasteiger partial charge in [0.05, 0.1) is 5.56 Å². The van der Waals surface area contributed by atoms with Crippen LogP contribution in [-0.2, 0) is 0 Å². The van der Waals surface area contributed by atoms with Crippen LogP contribution >= 0.6 is 11.6 Å². The fourth-order valence-corrected chi connectivity index (χ4v) is 0.455. The molecule has 0 bridgehead atoms. The van der Waals surface area contributed by atoms with Gasteiger partial charge in [0, 0.05) is 0 Å². The van der Waals surface area contributed by atoms with Crippen LogP contribution in [0.15, 0.2) is 4.52 Å². The number of nitrogens with zero attached hydrogens (tertiary/aromatic N) is 1. The fraction of sp³-hybridized carbons (Fsp3) is 0.250. The Morgan fingerprint density at radius 1 is 1.75 bits per heavy atom. The van der Waals surface area contributed by atoms with E-state index in [0.29, 0.717) is 10.7 Å². The van der Waals surface area contributed by atoms with Crippen molar-refractivity contribution in [2.24, 2.45) is 0 Å². The van der Waals surface area contributed by atoms with Crippen LogP contribution in [0.5, 0.6) is 0 Å². The maximum absolute atomic E-state index is 5.44. The average Bonchev–Trinajstić information content (AvgIpc) is 1.98. The molecular formula is C4H5ClN2O. The Morgan fingerprint density at radius 2 is 2.38 bits per heavy atom. The molecule has 0 aromatic carbocycles. The standard InChI is InChI=1S/C4H5ClN2O/c1-2-3(5)7-8-4(2)6/h6H2,1H3. The van der Waals surface area contributed by atoms with Crippen LogP contribution in [0.1, 0.15) is 5.56 Å². The summed E-state index contributed by atoms with van der Waals surface area (Å²) < 4.78 is 4.49. The van der Waals surface area contributed by atoms with Gasteiger partial charge in [-0.15, -0.1) is 0 Å². The quantitative estimate of drug-likeness (QED) is 0.578. The van der Waals surface area contributed by atoms with Crippen LogP contribution in [0.2, 0.25) is 5.15 Å². The highest BCUT2D eigenvalue weighted by Crippen LogP contribution is 2.18. The number of halogens is 1. The molecule has 2 N–H and O–H groups in total. The van der Waals surface area contributed by atoms with Crippen LogP contribution in [0.4, 0.5) is 5.88 Å². The molecule has 8 heavy (non-hydrogen) atoms. The van der Waals surface area contributed by atoms with E-state index in [1.165, 1.54) is 0 Å². The highest BCUT2D eigenvalue weighted by atomic mass is 35.5. The van der Waals surface area contributed by atoms with Gasteiger partial charge in [-0.3, -0.25) is 0 Å². The number of rotatable bonds is 0. The van der Waals surface area contributed by atoms with E-state index in [2.05, 4.69) is 9.68 Å². The number of nitrogen functional groups attached to an aromatic ring is 1. The Kier molecular flexibility index (Phi) is 1.13. The summed E-state index contributed by atoms with van der Waals surface area (Å²) in [4.78, 5) is 0. The number of nitrogens with two attached hydrogens (primary N) is 1. The van der Waals surface area contributed by atoms with Crippen LogP contribution in [0.25, 0.3) is 0 Å². The lowest BCUT2D eigenvalue weighted by molar-refractivity contribution is 0.436. The Balaban J connectivity index is 3.19. The minimum Gasteiger partial charge on any atom is -0.367 e. The van der Waals surface area contributed by atoms with Gasteiger partial charge in [-0.25, -0.2) is 0 Å². The topological polar surface area (TPSA) is 52.0 Å². The van der Waals surface area contributed by atoms with E-state index >= 15 is 0 Å². The smallest absolute Gasteiger partial charge is 0.226 e. The summed E-state index contributed by atoms with van der Waals surface area (Å²) in [5.74, 6) is 0.287. The van der Waals surface area contributed by atoms with Gasteiger partial charge in [-0.2, -0.15) is 0 Å². The summed E-state index contributed by atoms with van der Waals surface area (Å²) >= 11 is 5.44. The van der Waals surface area contributed by atoms with Gasteiger partial charge in [0.15, 0.2) is 5.15 Å². The molecule has 0 aliphatic heterocycles. The van der Waals surface area contributed by atoms with Gasteiger partial charge in [-0.1, -0.05) is 16.8 Å². The molecule has 44 valence electrons. The maximum atomic E-state index is 5.44. The molecule has 0 aliphatic rings. The summed E-state index contributed by atoms with van der Waals surface area (Å²) in [6.07, 6.45) is 0. The summed E-state index contributed by atoms with van der Waals surface area (Å²) in [6, 6.07) is 0. The van der Waals surface area contributed by atoms with Crippen molar-refractivity contribution in [3.05, 3.63) is 10.7 Å². The van der Waals surface area contributed by atoms with E-state index in [4.69, 9.17) is 17.3 Å². The Labute approximate surface area is 51.4 Å². The molecule has 1 aromatic rings. The molecule has 0 amide bonds. The third kappa shape index (κ3) is 0.648. The molecule has 4 heteroatoms. The SMILES string of the molecule is Cc1c(Cl)noc1N. The van der Waals surface area contributed by atoms with Gasteiger partial charge in [0.25, 0.3) is 0 Å². The molecule has 0 radical (unpaired) electrons. The van der Waals surface area contributed by atoms with Gasteiger partial charge in [0.2, 0.25) is 5.88 Å². The molecule has 0 fully saturated rings. The lowest BCUT2D eigenvalue weighted by atomic mass is 10.4. The monoisotopic (exact) mass is 132 g/mol. The van der Waals surface area contributed by atoms with Crippen molar-refractivity contribution in [3.8, 4) is 0 Å². The van der Waals surface area contributed by atoms with Crippen molar-refractivity contribution >= 4 is 17.5 Å². The van der Waals surface area contributed by atoms with Crippen LogP contribution in [0, 0.1) is 6.92 Å². The molecule has 0 saturated heterocycles. The van der Waals surface area contributed by atoms with Gasteiger partial charge in [-0.05, 0) is 6.92 Å². The normalized spacial score (nSPS) is 9.75. The van der Waals surface area contributed by atoms with E-state index in [1.54, 1.807) is 6.92 Å². The third-order valence-electron chi connectivity index (χ3n) is 0.903. The zero-order chi connectivity index (χ0) is 6.15. The van der Waals surface area contributed by atoms with Crippen molar-refractivity contribution in [2.45, 2.75) is 6.92 Å². The van der Waals surface area contributed by atoms with Crippen LogP contribution in [0.3, 0.4) is 0 Å². The minimum absolute atomic E-state index is 0.287. The Morgan fingerprint density at radius 3 is 2.50 bits per heavy atom. The second-order valence-corrected chi connectivity index (χ2v) is 1.82. The van der Waals surface area contributed by atoms with Crippen molar-refractivity contribution in [3.63, 3.8) is 0 Å². The average molecular weight is 133 g/mol. The Bertz CT molecular complexity index is 176. The van der Waals surface area contributed by atoms with E-state index in [-0.39, 0.29) is 5.88 Å². The van der Waals surface area contributed by atoms with E-state index in [9.17, 15) is 0 Å². The zero-order valence-corrected chi connectivity index (χ0v) is 5.07. The first kappa shape index (κ1) is 5.44. The minimum atomic E-state index is 0.287. The molecule has 3 nitrogen and oxygen atoms in total. The largest absolute Gasteiger partial charge is 0.367 e. The van der Waals surface area contributed by atoms with E-state index in [1.807, 2.05) is 0 Å². The summed E-state index contributed by atoms with van der Waals surface area (Å²) in [5.41, 5.74) is 5.93. The molecule has 0 saturated carbocycles. The highest BCUT2D eigenvalue weighted by molar-refractivity contribution is 6.30. The second-order valence-electron chi connectivity index (χ2n) is 1.46. The molecule has 1 aromatic heterocycles. The van der Waals surface area contributed by atoms with Crippen molar-refractivity contribution in [2.75, 3.05) is 5.73 Å². The molecule has 1 heterocycles. The van der Waals surface area contributed by atoms with Crippen LogP contribution < -0.4 is 5.73 Å². The first-order chi connectivity index (χ1) is 3.72. The predicted molar refractivity (Wildman–Crippen MR) is 30.7 cm³/mol. The number of hydrogen-bond acceptors (Lipinski definition) is 3. The van der Waals surface area contributed by atoms with Gasteiger partial charge < -0.3 is 10.3 Å². The predicted octanol–water partition coefficient (Wildman–Crippen LogP) is 1.22. The highest BCUT2D eigenvalue weighted by Gasteiger charge is 2.03. The molecule has 0 aliphatic carbocycles. The van der Waals surface area contributed by atoms with Gasteiger partial charge in [0.1, 0.15) is 0 Å². The summed E-state index contributed by atoms with van der Waals surface area (Å²) in [7, 11) is 0. The summed E-state index contributed by atoms with van der Waals surface area (Å²) in [6.45, 7) is 1.74. The number of hydrogen-bond donors (Lipinski definition) is 1. The van der Waals surface area contributed by atoms with E-state index < -0.39 is 0 Å². The zero-order valence-electron chi connectivity index (χ0n) is 4.31. The fourth-order valence-electron chi connectivity index (χ4n) is 0.328. The third-order valence-corrected chi connectivity index (χ3v) is 1.26. The molecule has 1 rings (SSSR count). The summed E-state index contributed by atoms with van der Waals surface area (Å²) in [5, 5.41) is 3.72. The van der Waals surface area contributed by atoms with Crippen molar-refractivity contribution in [1.29, 1.82) is 0 Å². The molecule has 0 spiro atoms. The first-order valence-corrected chi connectivity index (χ1v) is 2.47. The van der Waals surface area contributed by atoms with Gasteiger partial charge >= 0.3 is 0 Å². The molecular weight excluding hydrogens is 128 g/mol. The van der Waals surface area contributed by atoms with Crippen molar-refractivity contribution < 1.29 is 4.52 Å². The van der Waals surface area contributed by atoms with Crippen LogP contribution in [-0.4, -0.2) is 5.16 Å². The lowest BCUT2D eigenvalue weighted by Gasteiger charge is -1.79. The number of anilines is 1. The first-order valence-electron chi connectivity index (χ1n) is 2.09. The number of aromatic nitrogens is 1. The molecule has 0 atom stereocenters. The van der Waals surface area contributed by atoms with E-state index in [0.717, 1.165) is 0 Å². The Hall–Kier alpha value is -0.700. The second kappa shape index (κ2) is 1.67. The lowest BCUT2D eigenvalue weighted by Crippen LogP contribution is -1.81. The maximum Gasteiger partial charge on any atom is 0.226 e.